The molecule has 2 aromatic rings. The lowest BCUT2D eigenvalue weighted by atomic mass is 10.0. The second-order valence-electron chi connectivity index (χ2n) is 5.46. The molecule has 6 heteroatoms. The Morgan fingerprint density at radius 3 is 2.15 bits per heavy atom. The zero-order chi connectivity index (χ0) is 18.5. The Kier molecular flexibility index (Phi) is 5.34. The van der Waals surface area contributed by atoms with Crippen molar-refractivity contribution in [1.29, 1.82) is 0 Å². The molecule has 0 radical (unpaired) electrons. The van der Waals surface area contributed by atoms with Gasteiger partial charge in [0.25, 0.3) is 0 Å². The van der Waals surface area contributed by atoms with Gasteiger partial charge in [-0.2, -0.15) is 0 Å². The van der Waals surface area contributed by atoms with Crippen LogP contribution in [0.5, 0.6) is 5.75 Å². The summed E-state index contributed by atoms with van der Waals surface area (Å²) in [6.07, 6.45) is 3.77. The van der Waals surface area contributed by atoms with Gasteiger partial charge in [-0.3, -0.25) is 9.59 Å². The molecule has 0 bridgehead atoms. The normalized spacial score (nSPS) is 13.5. The van der Waals surface area contributed by atoms with Gasteiger partial charge in [0, 0.05) is 15.4 Å². The van der Waals surface area contributed by atoms with E-state index in [4.69, 9.17) is 9.84 Å². The summed E-state index contributed by atoms with van der Waals surface area (Å²) in [6, 6.07) is 13.9. The third kappa shape index (κ3) is 4.49. The topological polar surface area (TPSA) is 80.7 Å². The molecule has 5 nitrogen and oxygen atoms in total. The third-order valence-corrected chi connectivity index (χ3v) is 4.60. The SMILES string of the molecule is O=C1C=CC(=O)C(COc2ccc(Sc3ccc(C(=O)O)cc3)cc2)=C1. The van der Waals surface area contributed by atoms with Crippen molar-refractivity contribution in [3.8, 4) is 5.75 Å². The minimum absolute atomic E-state index is 0.0397. The summed E-state index contributed by atoms with van der Waals surface area (Å²) < 4.78 is 5.56. The summed E-state index contributed by atoms with van der Waals surface area (Å²) in [7, 11) is 0. The molecule has 26 heavy (non-hydrogen) atoms. The second kappa shape index (κ2) is 7.84. The molecule has 1 aliphatic carbocycles. The maximum Gasteiger partial charge on any atom is 0.335 e. The van der Waals surface area contributed by atoms with Crippen molar-refractivity contribution < 1.29 is 24.2 Å². The maximum absolute atomic E-state index is 11.7. The van der Waals surface area contributed by atoms with E-state index in [2.05, 4.69) is 0 Å². The Hall–Kier alpha value is -3.12. The van der Waals surface area contributed by atoms with Crippen LogP contribution in [0.4, 0.5) is 0 Å². The number of carboxylic acids is 1. The molecule has 130 valence electrons. The summed E-state index contributed by atoms with van der Waals surface area (Å²) in [5.74, 6) is -0.802. The molecular formula is C20H14O5S. The summed E-state index contributed by atoms with van der Waals surface area (Å²) in [5, 5.41) is 8.90. The predicted molar refractivity (Wildman–Crippen MR) is 96.7 cm³/mol. The van der Waals surface area contributed by atoms with E-state index in [1.807, 2.05) is 12.1 Å². The molecule has 3 rings (SSSR count). The van der Waals surface area contributed by atoms with E-state index in [1.165, 1.54) is 30.0 Å². The van der Waals surface area contributed by atoms with Crippen molar-refractivity contribution in [2.24, 2.45) is 0 Å². The number of ether oxygens (including phenoxy) is 1. The largest absolute Gasteiger partial charge is 0.489 e. The van der Waals surface area contributed by atoms with E-state index in [1.54, 1.807) is 36.4 Å². The van der Waals surface area contributed by atoms with Crippen molar-refractivity contribution in [2.75, 3.05) is 6.61 Å². The van der Waals surface area contributed by atoms with Gasteiger partial charge >= 0.3 is 5.97 Å². The Morgan fingerprint density at radius 2 is 1.54 bits per heavy atom. The minimum atomic E-state index is -0.952. The van der Waals surface area contributed by atoms with Crippen LogP contribution >= 0.6 is 11.8 Å². The first kappa shape index (κ1) is 17.7. The highest BCUT2D eigenvalue weighted by molar-refractivity contribution is 7.99. The van der Waals surface area contributed by atoms with Crippen molar-refractivity contribution in [1.82, 2.24) is 0 Å². The quantitative estimate of drug-likeness (QED) is 0.788. The zero-order valence-electron chi connectivity index (χ0n) is 13.5. The minimum Gasteiger partial charge on any atom is -0.489 e. The molecule has 0 aliphatic heterocycles. The number of hydrogen-bond acceptors (Lipinski definition) is 5. The van der Waals surface area contributed by atoms with E-state index < -0.39 is 5.97 Å². The molecule has 0 saturated carbocycles. The number of carbonyl (C=O) groups excluding carboxylic acids is 2. The van der Waals surface area contributed by atoms with Crippen molar-refractivity contribution >= 4 is 29.3 Å². The van der Waals surface area contributed by atoms with Gasteiger partial charge < -0.3 is 9.84 Å². The molecule has 1 aliphatic rings. The van der Waals surface area contributed by atoms with E-state index >= 15 is 0 Å². The van der Waals surface area contributed by atoms with Gasteiger partial charge in [-0.05, 0) is 66.8 Å². The van der Waals surface area contributed by atoms with Crippen LogP contribution in [0.15, 0.2) is 82.1 Å². The molecular weight excluding hydrogens is 352 g/mol. The highest BCUT2D eigenvalue weighted by Crippen LogP contribution is 2.29. The summed E-state index contributed by atoms with van der Waals surface area (Å²) in [4.78, 5) is 35.7. The van der Waals surface area contributed by atoms with Crippen LogP contribution in [-0.4, -0.2) is 29.2 Å². The fourth-order valence-electron chi connectivity index (χ4n) is 2.24. The highest BCUT2D eigenvalue weighted by atomic mass is 32.2. The van der Waals surface area contributed by atoms with Crippen LogP contribution in [0.3, 0.4) is 0 Å². The van der Waals surface area contributed by atoms with Gasteiger partial charge in [-0.1, -0.05) is 11.8 Å². The van der Waals surface area contributed by atoms with Crippen LogP contribution in [0.25, 0.3) is 0 Å². The fourth-order valence-corrected chi connectivity index (χ4v) is 3.05. The molecule has 0 heterocycles. The number of aromatic carboxylic acids is 1. The van der Waals surface area contributed by atoms with Gasteiger partial charge in [0.05, 0.1) is 5.56 Å². The zero-order valence-corrected chi connectivity index (χ0v) is 14.4. The van der Waals surface area contributed by atoms with Crippen LogP contribution in [0.2, 0.25) is 0 Å². The summed E-state index contributed by atoms with van der Waals surface area (Å²) in [5.41, 5.74) is 0.576. The van der Waals surface area contributed by atoms with Gasteiger partial charge in [-0.25, -0.2) is 4.79 Å². The standard InChI is InChI=1S/C20H14O5S/c21-15-3-10-19(22)14(11-15)12-25-16-4-8-18(9-5-16)26-17-6-1-13(2-7-17)20(23)24/h1-11H,12H2,(H,23,24). The molecule has 0 aromatic heterocycles. The predicted octanol–water partition coefficient (Wildman–Crippen LogP) is 3.55. The molecule has 0 atom stereocenters. The molecule has 0 fully saturated rings. The highest BCUT2D eigenvalue weighted by Gasteiger charge is 2.13. The number of benzene rings is 2. The molecule has 1 N–H and O–H groups in total. The van der Waals surface area contributed by atoms with Gasteiger partial charge in [-0.15, -0.1) is 0 Å². The van der Waals surface area contributed by atoms with Gasteiger partial charge in [0.15, 0.2) is 11.6 Å². The molecule has 0 amide bonds. The number of ketones is 2. The van der Waals surface area contributed by atoms with Crippen LogP contribution in [-0.2, 0) is 9.59 Å². The number of carbonyl (C=O) groups is 3. The Balaban J connectivity index is 1.59. The van der Waals surface area contributed by atoms with Crippen LogP contribution < -0.4 is 4.74 Å². The van der Waals surface area contributed by atoms with E-state index in [9.17, 15) is 14.4 Å². The van der Waals surface area contributed by atoms with Crippen molar-refractivity contribution in [3.63, 3.8) is 0 Å². The van der Waals surface area contributed by atoms with E-state index in [0.717, 1.165) is 9.79 Å². The number of carboxylic acid groups (broad SMARTS) is 1. The summed E-state index contributed by atoms with van der Waals surface area (Å²) in [6.45, 7) is 0.0397. The maximum atomic E-state index is 11.7. The Bertz CT molecular complexity index is 908. The third-order valence-electron chi connectivity index (χ3n) is 3.59. The van der Waals surface area contributed by atoms with E-state index in [-0.39, 0.29) is 23.7 Å². The number of rotatable bonds is 6. The van der Waals surface area contributed by atoms with E-state index in [0.29, 0.717) is 11.3 Å². The lowest BCUT2D eigenvalue weighted by Crippen LogP contribution is -2.14. The lowest BCUT2D eigenvalue weighted by Gasteiger charge is -2.10. The average Bonchev–Trinajstić information content (AvgIpc) is 2.64. The first-order valence-electron chi connectivity index (χ1n) is 7.72. The molecule has 0 spiro atoms. The molecule has 0 saturated heterocycles. The monoisotopic (exact) mass is 366 g/mol. The average molecular weight is 366 g/mol. The summed E-state index contributed by atoms with van der Waals surface area (Å²) >= 11 is 1.50. The first-order chi connectivity index (χ1) is 12.5. The van der Waals surface area contributed by atoms with Crippen LogP contribution in [0, 0.1) is 0 Å². The van der Waals surface area contributed by atoms with Gasteiger partial charge in [0.2, 0.25) is 0 Å². The number of hydrogen-bond donors (Lipinski definition) is 1. The lowest BCUT2D eigenvalue weighted by molar-refractivity contribution is -0.114. The smallest absolute Gasteiger partial charge is 0.335 e. The van der Waals surface area contributed by atoms with Crippen LogP contribution in [0.1, 0.15) is 10.4 Å². The Labute approximate surface area is 154 Å². The fraction of sp³-hybridized carbons (Fsp3) is 0.0500. The second-order valence-corrected chi connectivity index (χ2v) is 6.61. The number of allylic oxidation sites excluding steroid dienone is 3. The molecule has 2 aromatic carbocycles. The molecule has 0 unspecified atom stereocenters. The Morgan fingerprint density at radius 1 is 0.923 bits per heavy atom. The first-order valence-corrected chi connectivity index (χ1v) is 8.54. The van der Waals surface area contributed by atoms with Gasteiger partial charge in [0.1, 0.15) is 12.4 Å². The van der Waals surface area contributed by atoms with Crippen molar-refractivity contribution in [3.05, 3.63) is 77.9 Å². The van der Waals surface area contributed by atoms with Crippen molar-refractivity contribution in [2.45, 2.75) is 9.79 Å².